The SMILES string of the molecule is CC(CNC(=O)c1ccc(-n2ccccc2=O)cc1)NC(=O)c1ccc2c(Cl)c[nH]c2c1. The fourth-order valence-electron chi connectivity index (χ4n) is 3.35. The Balaban J connectivity index is 1.33. The van der Waals surface area contributed by atoms with Gasteiger partial charge >= 0.3 is 0 Å². The molecule has 0 aliphatic rings. The Labute approximate surface area is 189 Å². The minimum atomic E-state index is -0.281. The molecule has 2 aromatic heterocycles. The molecule has 7 nitrogen and oxygen atoms in total. The third kappa shape index (κ3) is 4.58. The Kier molecular flexibility index (Phi) is 6.09. The number of nitrogens with zero attached hydrogens (tertiary/aromatic N) is 1. The number of halogens is 1. The van der Waals surface area contributed by atoms with Crippen LogP contribution in [-0.2, 0) is 0 Å². The molecule has 3 N–H and O–H groups in total. The van der Waals surface area contributed by atoms with Gasteiger partial charge in [-0.3, -0.25) is 19.0 Å². The van der Waals surface area contributed by atoms with Crippen molar-refractivity contribution in [2.75, 3.05) is 6.54 Å². The predicted molar refractivity (Wildman–Crippen MR) is 125 cm³/mol. The van der Waals surface area contributed by atoms with Crippen molar-refractivity contribution in [2.24, 2.45) is 0 Å². The van der Waals surface area contributed by atoms with Gasteiger partial charge < -0.3 is 15.6 Å². The molecule has 32 heavy (non-hydrogen) atoms. The molecule has 0 aliphatic carbocycles. The molecule has 0 spiro atoms. The number of rotatable bonds is 6. The molecule has 4 aromatic rings. The first-order valence-electron chi connectivity index (χ1n) is 10.1. The smallest absolute Gasteiger partial charge is 0.255 e. The van der Waals surface area contributed by atoms with E-state index < -0.39 is 0 Å². The fourth-order valence-corrected chi connectivity index (χ4v) is 3.57. The number of carbonyl (C=O) groups is 2. The second kappa shape index (κ2) is 9.11. The minimum absolute atomic E-state index is 0.146. The van der Waals surface area contributed by atoms with Crippen LogP contribution in [0.3, 0.4) is 0 Å². The Morgan fingerprint density at radius 2 is 1.78 bits per heavy atom. The summed E-state index contributed by atoms with van der Waals surface area (Å²) < 4.78 is 1.50. The molecule has 1 unspecified atom stereocenters. The number of aromatic amines is 1. The number of hydrogen-bond donors (Lipinski definition) is 3. The maximum absolute atomic E-state index is 12.5. The van der Waals surface area contributed by atoms with Crippen molar-refractivity contribution < 1.29 is 9.59 Å². The highest BCUT2D eigenvalue weighted by molar-refractivity contribution is 6.35. The number of fused-ring (bicyclic) bond motifs is 1. The van der Waals surface area contributed by atoms with Crippen molar-refractivity contribution in [2.45, 2.75) is 13.0 Å². The number of H-pyrrole nitrogens is 1. The van der Waals surface area contributed by atoms with Gasteiger partial charge in [0.2, 0.25) is 0 Å². The van der Waals surface area contributed by atoms with E-state index in [1.807, 2.05) is 6.92 Å². The summed E-state index contributed by atoms with van der Waals surface area (Å²) in [5, 5.41) is 7.14. The monoisotopic (exact) mass is 448 g/mol. The first-order valence-corrected chi connectivity index (χ1v) is 10.4. The zero-order valence-corrected chi connectivity index (χ0v) is 18.0. The van der Waals surface area contributed by atoms with Gasteiger partial charge in [0.05, 0.1) is 5.02 Å². The van der Waals surface area contributed by atoms with E-state index in [0.29, 0.717) is 21.8 Å². The molecule has 0 aliphatic heterocycles. The van der Waals surface area contributed by atoms with Crippen LogP contribution in [0, 0.1) is 0 Å². The van der Waals surface area contributed by atoms with Gasteiger partial charge in [-0.15, -0.1) is 0 Å². The van der Waals surface area contributed by atoms with Gasteiger partial charge in [0.25, 0.3) is 17.4 Å². The lowest BCUT2D eigenvalue weighted by atomic mass is 10.1. The first-order chi connectivity index (χ1) is 15.4. The van der Waals surface area contributed by atoms with Crippen molar-refractivity contribution in [1.82, 2.24) is 20.2 Å². The van der Waals surface area contributed by atoms with E-state index in [2.05, 4.69) is 15.6 Å². The number of pyridine rings is 1. The number of benzene rings is 2. The summed E-state index contributed by atoms with van der Waals surface area (Å²) in [5.41, 5.74) is 2.27. The standard InChI is InChI=1S/C24H21ClN4O3/c1-15(28-24(32)17-7-10-19-20(25)14-26-21(19)12-17)13-27-23(31)16-5-8-18(9-6-16)29-11-3-2-4-22(29)30/h2-12,14-15,26H,13H2,1H3,(H,27,31)(H,28,32). The third-order valence-corrected chi connectivity index (χ3v) is 5.38. The number of carbonyl (C=O) groups excluding carboxylic acids is 2. The molecular weight excluding hydrogens is 428 g/mol. The highest BCUT2D eigenvalue weighted by atomic mass is 35.5. The molecule has 2 aromatic carbocycles. The summed E-state index contributed by atoms with van der Waals surface area (Å²) in [6.45, 7) is 2.08. The summed E-state index contributed by atoms with van der Waals surface area (Å²) in [6, 6.07) is 16.6. The van der Waals surface area contributed by atoms with Gasteiger partial charge in [0.1, 0.15) is 0 Å². The number of amides is 2. The molecular formula is C24H21ClN4O3. The lowest BCUT2D eigenvalue weighted by molar-refractivity contribution is 0.0912. The van der Waals surface area contributed by atoms with Crippen LogP contribution in [0.4, 0.5) is 0 Å². The van der Waals surface area contributed by atoms with Crippen molar-refractivity contribution in [3.8, 4) is 5.69 Å². The lowest BCUT2D eigenvalue weighted by Crippen LogP contribution is -2.41. The molecule has 162 valence electrons. The maximum atomic E-state index is 12.5. The van der Waals surface area contributed by atoms with Crippen LogP contribution < -0.4 is 16.2 Å². The van der Waals surface area contributed by atoms with Gasteiger partial charge in [0.15, 0.2) is 0 Å². The second-order valence-corrected chi connectivity index (χ2v) is 7.84. The topological polar surface area (TPSA) is 96.0 Å². The number of aromatic nitrogens is 2. The first kappa shape index (κ1) is 21.4. The summed E-state index contributed by atoms with van der Waals surface area (Å²) in [6.07, 6.45) is 3.35. The highest BCUT2D eigenvalue weighted by Gasteiger charge is 2.13. The average Bonchev–Trinajstić information content (AvgIpc) is 3.18. The van der Waals surface area contributed by atoms with E-state index in [4.69, 9.17) is 11.6 Å². The number of hydrogen-bond acceptors (Lipinski definition) is 3. The minimum Gasteiger partial charge on any atom is -0.360 e. The highest BCUT2D eigenvalue weighted by Crippen LogP contribution is 2.23. The summed E-state index contributed by atoms with van der Waals surface area (Å²) in [5.74, 6) is -0.502. The molecule has 1 atom stereocenters. The Morgan fingerprint density at radius 3 is 2.53 bits per heavy atom. The Hall–Kier alpha value is -3.84. The van der Waals surface area contributed by atoms with Crippen molar-refractivity contribution >= 4 is 34.3 Å². The molecule has 2 heterocycles. The molecule has 0 saturated heterocycles. The van der Waals surface area contributed by atoms with E-state index in [9.17, 15) is 14.4 Å². The molecule has 0 radical (unpaired) electrons. The molecule has 8 heteroatoms. The molecule has 4 rings (SSSR count). The Bertz CT molecular complexity index is 1340. The molecule has 2 amide bonds. The van der Waals surface area contributed by atoms with Gasteiger partial charge in [0, 0.05) is 58.8 Å². The molecule has 0 fully saturated rings. The Morgan fingerprint density at radius 1 is 1.03 bits per heavy atom. The zero-order valence-electron chi connectivity index (χ0n) is 17.3. The normalized spacial score (nSPS) is 11.8. The zero-order chi connectivity index (χ0) is 22.7. The van der Waals surface area contributed by atoms with Crippen LogP contribution in [0.1, 0.15) is 27.6 Å². The summed E-state index contributed by atoms with van der Waals surface area (Å²) in [4.78, 5) is 39.9. The third-order valence-electron chi connectivity index (χ3n) is 5.07. The number of nitrogens with one attached hydrogen (secondary N) is 3. The van der Waals surface area contributed by atoms with Crippen LogP contribution in [0.15, 0.2) is 77.9 Å². The van der Waals surface area contributed by atoms with E-state index in [-0.39, 0.29) is 30.0 Å². The van der Waals surface area contributed by atoms with Crippen molar-refractivity contribution in [1.29, 1.82) is 0 Å². The van der Waals surface area contributed by atoms with Crippen LogP contribution >= 0.6 is 11.6 Å². The van der Waals surface area contributed by atoms with Crippen LogP contribution in [0.2, 0.25) is 5.02 Å². The largest absolute Gasteiger partial charge is 0.360 e. The van der Waals surface area contributed by atoms with Gasteiger partial charge in [-0.05, 0) is 49.4 Å². The van der Waals surface area contributed by atoms with E-state index in [1.54, 1.807) is 67.0 Å². The van der Waals surface area contributed by atoms with Crippen LogP contribution in [0.5, 0.6) is 0 Å². The predicted octanol–water partition coefficient (Wildman–Crippen LogP) is 3.52. The average molecular weight is 449 g/mol. The second-order valence-electron chi connectivity index (χ2n) is 7.44. The fraction of sp³-hybridized carbons (Fsp3) is 0.125. The van der Waals surface area contributed by atoms with Gasteiger partial charge in [-0.2, -0.15) is 0 Å². The van der Waals surface area contributed by atoms with Crippen molar-refractivity contribution in [3.05, 3.63) is 99.6 Å². The lowest BCUT2D eigenvalue weighted by Gasteiger charge is -2.15. The van der Waals surface area contributed by atoms with E-state index in [0.717, 1.165) is 10.9 Å². The van der Waals surface area contributed by atoms with Gasteiger partial charge in [-0.25, -0.2) is 0 Å². The van der Waals surface area contributed by atoms with Crippen molar-refractivity contribution in [3.63, 3.8) is 0 Å². The van der Waals surface area contributed by atoms with E-state index >= 15 is 0 Å². The quantitative estimate of drug-likeness (QED) is 0.421. The molecule has 0 bridgehead atoms. The molecule has 0 saturated carbocycles. The maximum Gasteiger partial charge on any atom is 0.255 e. The van der Waals surface area contributed by atoms with E-state index in [1.165, 1.54) is 10.6 Å². The van der Waals surface area contributed by atoms with Crippen LogP contribution in [0.25, 0.3) is 16.6 Å². The van der Waals surface area contributed by atoms with Gasteiger partial charge in [-0.1, -0.05) is 23.7 Å². The van der Waals surface area contributed by atoms with Crippen LogP contribution in [-0.4, -0.2) is 34.0 Å². The summed E-state index contributed by atoms with van der Waals surface area (Å²) in [7, 11) is 0. The summed E-state index contributed by atoms with van der Waals surface area (Å²) >= 11 is 6.07.